The summed E-state index contributed by atoms with van der Waals surface area (Å²) in [5.74, 6) is -0.458. The first-order chi connectivity index (χ1) is 14.2. The molecular formula is C21H17N5O2S. The van der Waals surface area contributed by atoms with E-state index < -0.39 is 0 Å². The van der Waals surface area contributed by atoms with Crippen LogP contribution in [0.4, 0.5) is 5.69 Å². The van der Waals surface area contributed by atoms with Crippen molar-refractivity contribution in [1.82, 2.24) is 20.1 Å². The van der Waals surface area contributed by atoms with Crippen molar-refractivity contribution in [3.05, 3.63) is 94.7 Å². The van der Waals surface area contributed by atoms with E-state index in [1.807, 2.05) is 42.5 Å². The second-order valence-corrected chi connectivity index (χ2v) is 7.26. The van der Waals surface area contributed by atoms with E-state index in [2.05, 4.69) is 20.7 Å². The van der Waals surface area contributed by atoms with E-state index in [9.17, 15) is 9.59 Å². The number of nitrogens with zero attached hydrogens (tertiary/aromatic N) is 3. The number of carbonyl (C=O) groups excluding carboxylic acids is 2. The molecule has 4 rings (SSSR count). The Labute approximate surface area is 171 Å². The van der Waals surface area contributed by atoms with Crippen LogP contribution in [-0.4, -0.2) is 26.6 Å². The van der Waals surface area contributed by atoms with E-state index in [-0.39, 0.29) is 11.8 Å². The molecule has 2 amide bonds. The van der Waals surface area contributed by atoms with Crippen molar-refractivity contribution < 1.29 is 9.59 Å². The third-order valence-electron chi connectivity index (χ3n) is 4.16. The van der Waals surface area contributed by atoms with Crippen molar-refractivity contribution in [2.45, 2.75) is 6.54 Å². The zero-order chi connectivity index (χ0) is 20.1. The zero-order valence-corrected chi connectivity index (χ0v) is 16.1. The average molecular weight is 403 g/mol. The average Bonchev–Trinajstić information content (AvgIpc) is 3.46. The molecule has 0 aliphatic carbocycles. The summed E-state index contributed by atoms with van der Waals surface area (Å²) in [4.78, 5) is 29.7. The predicted octanol–water partition coefficient (Wildman–Crippen LogP) is 3.51. The second-order valence-electron chi connectivity index (χ2n) is 6.17. The zero-order valence-electron chi connectivity index (χ0n) is 15.3. The molecule has 2 aromatic heterocycles. The Morgan fingerprint density at radius 2 is 1.62 bits per heavy atom. The lowest BCUT2D eigenvalue weighted by atomic mass is 10.2. The summed E-state index contributed by atoms with van der Waals surface area (Å²) in [6.45, 7) is 0.442. The largest absolute Gasteiger partial charge is 0.347 e. The highest BCUT2D eigenvalue weighted by Crippen LogP contribution is 2.19. The highest BCUT2D eigenvalue weighted by Gasteiger charge is 2.14. The fourth-order valence-electron chi connectivity index (χ4n) is 2.68. The first kappa shape index (κ1) is 18.6. The van der Waals surface area contributed by atoms with Crippen LogP contribution in [0.25, 0.3) is 5.69 Å². The van der Waals surface area contributed by atoms with Crippen molar-refractivity contribution in [1.29, 1.82) is 0 Å². The molecular weight excluding hydrogens is 386 g/mol. The molecule has 8 heteroatoms. The fourth-order valence-corrected chi connectivity index (χ4v) is 3.50. The fraction of sp³-hybridized carbons (Fsp3) is 0.0476. The van der Waals surface area contributed by atoms with Gasteiger partial charge >= 0.3 is 0 Å². The van der Waals surface area contributed by atoms with E-state index in [1.165, 1.54) is 6.33 Å². The normalized spacial score (nSPS) is 10.5. The molecule has 0 spiro atoms. The lowest BCUT2D eigenvalue weighted by molar-refractivity contribution is 0.0954. The number of anilines is 1. The van der Waals surface area contributed by atoms with Gasteiger partial charge in [-0.15, -0.1) is 11.3 Å². The minimum Gasteiger partial charge on any atom is -0.347 e. The van der Waals surface area contributed by atoms with Crippen LogP contribution >= 0.6 is 11.3 Å². The number of thiophene rings is 1. The predicted molar refractivity (Wildman–Crippen MR) is 111 cm³/mol. The van der Waals surface area contributed by atoms with Crippen LogP contribution in [0.3, 0.4) is 0 Å². The Kier molecular flexibility index (Phi) is 5.44. The van der Waals surface area contributed by atoms with E-state index in [1.54, 1.807) is 35.3 Å². The van der Waals surface area contributed by atoms with Crippen molar-refractivity contribution >= 4 is 28.8 Å². The van der Waals surface area contributed by atoms with Gasteiger partial charge in [-0.1, -0.05) is 30.3 Å². The molecule has 2 aromatic carbocycles. The van der Waals surface area contributed by atoms with Crippen LogP contribution in [0.2, 0.25) is 0 Å². The second kappa shape index (κ2) is 8.49. The molecule has 0 aliphatic rings. The van der Waals surface area contributed by atoms with Crippen LogP contribution in [0.15, 0.2) is 79.4 Å². The number of hydrogen-bond donors (Lipinski definition) is 2. The molecule has 0 aliphatic heterocycles. The van der Waals surface area contributed by atoms with Gasteiger partial charge in [-0.3, -0.25) is 9.59 Å². The quantitative estimate of drug-likeness (QED) is 0.516. The monoisotopic (exact) mass is 403 g/mol. The summed E-state index contributed by atoms with van der Waals surface area (Å²) in [6.07, 6.45) is 3.06. The highest BCUT2D eigenvalue weighted by atomic mass is 32.1. The van der Waals surface area contributed by atoms with E-state index in [0.717, 1.165) is 22.6 Å². The van der Waals surface area contributed by atoms with Crippen LogP contribution in [-0.2, 0) is 6.54 Å². The van der Waals surface area contributed by atoms with Gasteiger partial charge in [0.2, 0.25) is 0 Å². The Morgan fingerprint density at radius 1 is 0.897 bits per heavy atom. The van der Waals surface area contributed by atoms with Crippen molar-refractivity contribution in [3.8, 4) is 5.69 Å². The van der Waals surface area contributed by atoms with Gasteiger partial charge in [-0.2, -0.15) is 5.10 Å². The van der Waals surface area contributed by atoms with E-state index in [4.69, 9.17) is 0 Å². The highest BCUT2D eigenvalue weighted by molar-refractivity contribution is 7.16. The Bertz CT molecular complexity index is 1110. The number of nitrogens with one attached hydrogen (secondary N) is 2. The van der Waals surface area contributed by atoms with Crippen molar-refractivity contribution in [2.24, 2.45) is 0 Å². The first-order valence-corrected chi connectivity index (χ1v) is 9.69. The van der Waals surface area contributed by atoms with Crippen molar-refractivity contribution in [2.75, 3.05) is 5.32 Å². The molecule has 0 radical (unpaired) electrons. The summed E-state index contributed by atoms with van der Waals surface area (Å²) in [6, 6.07) is 20.2. The van der Waals surface area contributed by atoms with Gasteiger partial charge in [-0.05, 0) is 42.0 Å². The number of amides is 2. The van der Waals surface area contributed by atoms with Crippen LogP contribution in [0, 0.1) is 0 Å². The molecule has 0 fully saturated rings. The number of carbonyl (C=O) groups is 2. The third-order valence-corrected chi connectivity index (χ3v) is 5.24. The third kappa shape index (κ3) is 4.56. The molecule has 4 aromatic rings. The minimum atomic E-state index is -0.259. The van der Waals surface area contributed by atoms with Crippen LogP contribution in [0.5, 0.6) is 0 Å². The topological polar surface area (TPSA) is 88.9 Å². The molecule has 0 unspecified atom stereocenters. The van der Waals surface area contributed by atoms with Gasteiger partial charge in [0.15, 0.2) is 0 Å². The van der Waals surface area contributed by atoms with Gasteiger partial charge in [0, 0.05) is 12.2 Å². The molecule has 0 saturated carbocycles. The maximum atomic E-state index is 12.5. The summed E-state index contributed by atoms with van der Waals surface area (Å²) in [7, 11) is 0. The van der Waals surface area contributed by atoms with E-state index in [0.29, 0.717) is 22.0 Å². The summed E-state index contributed by atoms with van der Waals surface area (Å²) >= 11 is 1.16. The standard InChI is InChI=1S/C21H17N5O2S/c27-20(23-12-15-4-2-1-3-5-15)18-10-11-19(29-18)21(28)25-16-6-8-17(9-7-16)26-14-22-13-24-26/h1-11,13-14H,12H2,(H,23,27)(H,25,28). The Balaban J connectivity index is 1.36. The summed E-state index contributed by atoms with van der Waals surface area (Å²) in [5.41, 5.74) is 2.51. The van der Waals surface area contributed by atoms with Crippen LogP contribution < -0.4 is 10.6 Å². The molecule has 144 valence electrons. The van der Waals surface area contributed by atoms with Gasteiger partial charge in [0.25, 0.3) is 11.8 Å². The number of rotatable bonds is 6. The number of hydrogen-bond acceptors (Lipinski definition) is 5. The Hall–Kier alpha value is -3.78. The summed E-state index contributed by atoms with van der Waals surface area (Å²) < 4.78 is 1.63. The molecule has 2 heterocycles. The summed E-state index contributed by atoms with van der Waals surface area (Å²) in [5, 5.41) is 9.76. The number of benzene rings is 2. The molecule has 0 saturated heterocycles. The molecule has 2 N–H and O–H groups in total. The van der Waals surface area contributed by atoms with Crippen molar-refractivity contribution in [3.63, 3.8) is 0 Å². The number of aromatic nitrogens is 3. The van der Waals surface area contributed by atoms with Gasteiger partial charge < -0.3 is 10.6 Å². The maximum absolute atomic E-state index is 12.5. The van der Waals surface area contributed by atoms with Gasteiger partial charge in [-0.25, -0.2) is 9.67 Å². The molecule has 7 nitrogen and oxygen atoms in total. The minimum absolute atomic E-state index is 0.199. The van der Waals surface area contributed by atoms with E-state index >= 15 is 0 Å². The SMILES string of the molecule is O=C(NCc1ccccc1)c1ccc(C(=O)Nc2ccc(-n3cncn3)cc2)s1. The van der Waals surface area contributed by atoms with Gasteiger partial charge in [0.05, 0.1) is 15.4 Å². The molecule has 0 atom stereocenters. The van der Waals surface area contributed by atoms with Gasteiger partial charge in [0.1, 0.15) is 12.7 Å². The lowest BCUT2D eigenvalue weighted by Crippen LogP contribution is -2.21. The first-order valence-electron chi connectivity index (χ1n) is 8.87. The molecule has 29 heavy (non-hydrogen) atoms. The van der Waals surface area contributed by atoms with Crippen LogP contribution in [0.1, 0.15) is 24.9 Å². The molecule has 0 bridgehead atoms. The lowest BCUT2D eigenvalue weighted by Gasteiger charge is -2.05. The Morgan fingerprint density at radius 3 is 2.31 bits per heavy atom. The smallest absolute Gasteiger partial charge is 0.265 e. The maximum Gasteiger partial charge on any atom is 0.265 e.